The van der Waals surface area contributed by atoms with Gasteiger partial charge in [0.15, 0.2) is 0 Å². The highest BCUT2D eigenvalue weighted by atomic mass is 35.5. The van der Waals surface area contributed by atoms with Gasteiger partial charge in [0.25, 0.3) is 0 Å². The number of hydrogen-bond acceptors (Lipinski definition) is 4. The van der Waals surface area contributed by atoms with E-state index in [0.29, 0.717) is 12.3 Å². The first-order valence-electron chi connectivity index (χ1n) is 7.72. The molecule has 0 bridgehead atoms. The van der Waals surface area contributed by atoms with Crippen LogP contribution in [0.4, 0.5) is 0 Å². The number of hydrogen-bond donors (Lipinski definition) is 1. The van der Waals surface area contributed by atoms with Gasteiger partial charge in [-0.05, 0) is 38.6 Å². The molecule has 1 aromatic heterocycles. The lowest BCUT2D eigenvalue weighted by Gasteiger charge is -2.34. The van der Waals surface area contributed by atoms with Gasteiger partial charge in [-0.3, -0.25) is 4.79 Å². The van der Waals surface area contributed by atoms with Crippen molar-refractivity contribution in [3.8, 4) is 0 Å². The number of aromatic nitrogens is 1. The number of nitrogens with two attached hydrogens (primary N) is 1. The molecule has 1 unspecified atom stereocenters. The summed E-state index contributed by atoms with van der Waals surface area (Å²) in [7, 11) is 0. The highest BCUT2D eigenvalue weighted by Crippen LogP contribution is 2.32. The third kappa shape index (κ3) is 6.41. The molecule has 2 heterocycles. The van der Waals surface area contributed by atoms with Crippen molar-refractivity contribution in [2.45, 2.75) is 57.4 Å². The summed E-state index contributed by atoms with van der Waals surface area (Å²) in [5.41, 5.74) is 5.48. The summed E-state index contributed by atoms with van der Waals surface area (Å²) in [4.78, 5) is 18.9. The smallest absolute Gasteiger partial charge is 0.223 e. The fourth-order valence-electron chi connectivity index (χ4n) is 2.80. The Bertz CT molecular complexity index is 404. The minimum absolute atomic E-state index is 0. The Hall–Kier alpha value is -0.360. The van der Waals surface area contributed by atoms with Crippen LogP contribution >= 0.6 is 36.2 Å². The van der Waals surface area contributed by atoms with Crippen molar-refractivity contribution in [3.05, 3.63) is 16.6 Å². The van der Waals surface area contributed by atoms with Crippen LogP contribution in [0.2, 0.25) is 0 Å². The molecule has 0 radical (unpaired) electrons. The number of thiazole rings is 1. The maximum Gasteiger partial charge on any atom is 0.223 e. The van der Waals surface area contributed by atoms with Gasteiger partial charge in [0.1, 0.15) is 5.01 Å². The average Bonchev–Trinajstić information content (AvgIpc) is 3.01. The molecule has 1 atom stereocenters. The predicted molar refractivity (Wildman–Crippen MR) is 97.1 cm³/mol. The molecule has 0 saturated carbocycles. The van der Waals surface area contributed by atoms with Crippen LogP contribution in [0.15, 0.2) is 11.6 Å². The van der Waals surface area contributed by atoms with E-state index in [-0.39, 0.29) is 30.9 Å². The predicted octanol–water partition coefficient (Wildman–Crippen LogP) is 3.95. The van der Waals surface area contributed by atoms with Crippen molar-refractivity contribution in [1.29, 1.82) is 0 Å². The van der Waals surface area contributed by atoms with E-state index in [1.165, 1.54) is 6.42 Å². The van der Waals surface area contributed by atoms with Crippen molar-refractivity contribution < 1.29 is 4.79 Å². The van der Waals surface area contributed by atoms with Crippen LogP contribution in [-0.2, 0) is 4.79 Å². The molecule has 4 nitrogen and oxygen atoms in total. The van der Waals surface area contributed by atoms with Crippen LogP contribution in [0.3, 0.4) is 0 Å². The van der Waals surface area contributed by atoms with Gasteiger partial charge < -0.3 is 10.6 Å². The molecule has 1 fully saturated rings. The van der Waals surface area contributed by atoms with Crippen molar-refractivity contribution >= 4 is 42.1 Å². The molecule has 1 amide bonds. The van der Waals surface area contributed by atoms with Crippen LogP contribution in [-0.4, -0.2) is 28.9 Å². The third-order valence-electron chi connectivity index (χ3n) is 3.90. The second-order valence-electron chi connectivity index (χ2n) is 5.42. The number of carbonyl (C=O) groups excluding carboxylic acids is 1. The summed E-state index contributed by atoms with van der Waals surface area (Å²) < 4.78 is 0. The number of rotatable bonds is 7. The minimum atomic E-state index is 0. The molecule has 7 heteroatoms. The van der Waals surface area contributed by atoms with Gasteiger partial charge in [0, 0.05) is 24.5 Å². The van der Waals surface area contributed by atoms with Gasteiger partial charge in [-0.25, -0.2) is 4.98 Å². The summed E-state index contributed by atoms with van der Waals surface area (Å²) >= 11 is 1.67. The van der Waals surface area contributed by atoms with Crippen molar-refractivity contribution in [2.75, 3.05) is 13.1 Å². The fraction of sp³-hybridized carbons (Fsp3) is 0.733. The van der Waals surface area contributed by atoms with Gasteiger partial charge in [-0.2, -0.15) is 0 Å². The summed E-state index contributed by atoms with van der Waals surface area (Å²) in [5, 5.41) is 3.10. The number of nitrogens with zero attached hydrogens (tertiary/aromatic N) is 2. The second kappa shape index (κ2) is 12.1. The Morgan fingerprint density at radius 3 is 2.73 bits per heavy atom. The van der Waals surface area contributed by atoms with Crippen LogP contribution in [0, 0.1) is 0 Å². The van der Waals surface area contributed by atoms with Gasteiger partial charge in [0.05, 0.1) is 6.04 Å². The number of halogens is 2. The molecule has 2 N–H and O–H groups in total. The molecular weight excluding hydrogens is 341 g/mol. The topological polar surface area (TPSA) is 59.2 Å². The SMILES string of the molecule is Cl.Cl.NCCCCCCC(=O)N1CCCCC1c1nccs1. The van der Waals surface area contributed by atoms with E-state index in [1.807, 2.05) is 11.6 Å². The number of likely N-dealkylation sites (tertiary alicyclic amines) is 1. The third-order valence-corrected chi connectivity index (χ3v) is 4.78. The Morgan fingerprint density at radius 1 is 1.27 bits per heavy atom. The monoisotopic (exact) mass is 367 g/mol. The first-order chi connectivity index (χ1) is 9.83. The van der Waals surface area contributed by atoms with Crippen LogP contribution < -0.4 is 5.73 Å². The summed E-state index contributed by atoms with van der Waals surface area (Å²) in [6.45, 7) is 1.65. The average molecular weight is 368 g/mol. The molecule has 0 spiro atoms. The Morgan fingerprint density at radius 2 is 2.05 bits per heavy atom. The zero-order chi connectivity index (χ0) is 14.2. The Labute approximate surface area is 149 Å². The highest BCUT2D eigenvalue weighted by Gasteiger charge is 2.28. The molecule has 2 rings (SSSR count). The van der Waals surface area contributed by atoms with Crippen molar-refractivity contribution in [3.63, 3.8) is 0 Å². The largest absolute Gasteiger partial charge is 0.333 e. The summed E-state index contributed by atoms with van der Waals surface area (Å²) in [5.74, 6) is 0.303. The zero-order valence-electron chi connectivity index (χ0n) is 12.9. The summed E-state index contributed by atoms with van der Waals surface area (Å²) in [6.07, 6.45) is 10.2. The lowest BCUT2D eigenvalue weighted by Crippen LogP contribution is -2.38. The van der Waals surface area contributed by atoms with E-state index in [2.05, 4.69) is 9.88 Å². The van der Waals surface area contributed by atoms with Gasteiger partial charge >= 0.3 is 0 Å². The first kappa shape index (κ1) is 21.6. The lowest BCUT2D eigenvalue weighted by atomic mass is 10.0. The minimum Gasteiger partial charge on any atom is -0.333 e. The van der Waals surface area contributed by atoms with E-state index >= 15 is 0 Å². The number of piperidine rings is 1. The lowest BCUT2D eigenvalue weighted by molar-refractivity contribution is -0.135. The van der Waals surface area contributed by atoms with E-state index < -0.39 is 0 Å². The fourth-order valence-corrected chi connectivity index (χ4v) is 3.59. The Kier molecular flexibility index (Phi) is 11.9. The van der Waals surface area contributed by atoms with Crippen LogP contribution in [0.25, 0.3) is 0 Å². The molecule has 1 saturated heterocycles. The first-order valence-corrected chi connectivity index (χ1v) is 8.60. The highest BCUT2D eigenvalue weighted by molar-refractivity contribution is 7.09. The molecule has 1 aliphatic rings. The van der Waals surface area contributed by atoms with E-state index in [0.717, 1.165) is 56.6 Å². The maximum atomic E-state index is 12.4. The maximum absolute atomic E-state index is 12.4. The van der Waals surface area contributed by atoms with E-state index in [4.69, 9.17) is 5.73 Å². The van der Waals surface area contributed by atoms with Crippen LogP contribution in [0.5, 0.6) is 0 Å². The van der Waals surface area contributed by atoms with Crippen molar-refractivity contribution in [2.24, 2.45) is 5.73 Å². The van der Waals surface area contributed by atoms with Gasteiger partial charge in [0.2, 0.25) is 5.91 Å². The molecule has 1 aliphatic heterocycles. The molecule has 0 aromatic carbocycles. The van der Waals surface area contributed by atoms with Crippen molar-refractivity contribution in [1.82, 2.24) is 9.88 Å². The molecule has 0 aliphatic carbocycles. The second-order valence-corrected chi connectivity index (χ2v) is 6.35. The Balaban J connectivity index is 0.00000220. The molecule has 128 valence electrons. The normalized spacial score (nSPS) is 17.5. The number of amides is 1. The quantitative estimate of drug-likeness (QED) is 0.742. The van der Waals surface area contributed by atoms with Crippen LogP contribution in [0.1, 0.15) is 62.4 Å². The molecular formula is C15H27Cl2N3OS. The summed E-state index contributed by atoms with van der Waals surface area (Å²) in [6, 6.07) is 0.222. The standard InChI is InChI=1S/C15H25N3OS.2ClH/c16-9-5-2-1-3-8-14(19)18-11-6-4-7-13(18)15-17-10-12-20-15;;/h10,12-13H,1-9,11,16H2;2*1H. The zero-order valence-corrected chi connectivity index (χ0v) is 15.4. The molecule has 1 aromatic rings. The molecule has 22 heavy (non-hydrogen) atoms. The van der Waals surface area contributed by atoms with E-state index in [1.54, 1.807) is 11.3 Å². The van der Waals surface area contributed by atoms with Gasteiger partial charge in [-0.1, -0.05) is 12.8 Å². The number of carbonyl (C=O) groups is 1. The van der Waals surface area contributed by atoms with E-state index in [9.17, 15) is 4.79 Å². The number of unbranched alkanes of at least 4 members (excludes halogenated alkanes) is 3. The van der Waals surface area contributed by atoms with Gasteiger partial charge in [-0.15, -0.1) is 36.2 Å².